The summed E-state index contributed by atoms with van der Waals surface area (Å²) in [6, 6.07) is 69.7. The molecule has 1 nitrogen and oxygen atoms in total. The van der Waals surface area contributed by atoms with Gasteiger partial charge in [-0.15, -0.1) is 0 Å². The molecule has 0 aliphatic heterocycles. The van der Waals surface area contributed by atoms with Gasteiger partial charge in [0.15, 0.2) is 0 Å². The van der Waals surface area contributed by atoms with Crippen LogP contribution >= 0.6 is 0 Å². The van der Waals surface area contributed by atoms with Crippen molar-refractivity contribution in [2.24, 2.45) is 0 Å². The van der Waals surface area contributed by atoms with Crippen LogP contribution < -0.4 is 4.90 Å². The SMILES string of the molecule is CC1(C)c2ccccc2-c2ccc(N(c3ccc4c(c3)C(C)(C)c3ccccc3-4)c3c(-c4ccccc4)cc(-c4ccccc4)cc3-c3ccccc3)cc21. The number of hydrogen-bond acceptors (Lipinski definition) is 1. The number of fused-ring (bicyclic) bond motifs is 6. The standard InChI is InChI=1S/C54H43N/c1-53(2)48-26-16-14-24-42(48)44-30-28-40(34-50(44)53)55(41-29-31-45-43-25-15-17-27-49(43)54(3,4)51(45)35-41)52-46(37-20-10-6-11-21-37)32-39(36-18-8-5-9-19-36)33-47(52)38-22-12-7-13-23-38/h5-35H,1-4H3. The molecule has 8 aromatic rings. The van der Waals surface area contributed by atoms with E-state index in [1.54, 1.807) is 0 Å². The number of rotatable bonds is 6. The van der Waals surface area contributed by atoms with E-state index in [2.05, 4.69) is 221 Å². The molecule has 0 aromatic heterocycles. The van der Waals surface area contributed by atoms with Gasteiger partial charge in [0, 0.05) is 33.3 Å². The maximum absolute atomic E-state index is 2.55. The lowest BCUT2D eigenvalue weighted by atomic mass is 9.82. The van der Waals surface area contributed by atoms with Crippen LogP contribution in [-0.4, -0.2) is 0 Å². The minimum absolute atomic E-state index is 0.142. The second-order valence-corrected chi connectivity index (χ2v) is 16.2. The van der Waals surface area contributed by atoms with Crippen molar-refractivity contribution in [2.75, 3.05) is 4.90 Å². The average Bonchev–Trinajstić information content (AvgIpc) is 3.61. The first-order valence-corrected chi connectivity index (χ1v) is 19.4. The second-order valence-electron chi connectivity index (χ2n) is 16.2. The zero-order chi connectivity index (χ0) is 37.3. The molecular formula is C54H43N. The van der Waals surface area contributed by atoms with Gasteiger partial charge in [0.25, 0.3) is 0 Å². The number of hydrogen-bond donors (Lipinski definition) is 0. The molecule has 0 bridgehead atoms. The molecule has 0 spiro atoms. The van der Waals surface area contributed by atoms with Gasteiger partial charge in [0.1, 0.15) is 0 Å². The molecule has 55 heavy (non-hydrogen) atoms. The molecule has 1 heteroatoms. The van der Waals surface area contributed by atoms with E-state index < -0.39 is 0 Å². The second kappa shape index (κ2) is 12.6. The summed E-state index contributed by atoms with van der Waals surface area (Å²) in [7, 11) is 0. The third kappa shape index (κ3) is 5.22. The van der Waals surface area contributed by atoms with Crippen LogP contribution in [0.15, 0.2) is 188 Å². The molecule has 0 amide bonds. The average molecular weight is 706 g/mol. The highest BCUT2D eigenvalue weighted by molar-refractivity contribution is 6.01. The summed E-state index contributed by atoms with van der Waals surface area (Å²) in [5, 5.41) is 0. The normalized spacial score (nSPS) is 14.1. The van der Waals surface area contributed by atoms with Crippen molar-refractivity contribution < 1.29 is 0 Å². The first-order valence-electron chi connectivity index (χ1n) is 19.4. The highest BCUT2D eigenvalue weighted by atomic mass is 15.1. The molecule has 0 N–H and O–H groups in total. The van der Waals surface area contributed by atoms with Crippen LogP contribution in [0.3, 0.4) is 0 Å². The van der Waals surface area contributed by atoms with Crippen molar-refractivity contribution in [2.45, 2.75) is 38.5 Å². The Balaban J connectivity index is 1.30. The Morgan fingerprint density at radius 1 is 0.291 bits per heavy atom. The third-order valence-electron chi connectivity index (χ3n) is 12.3. The van der Waals surface area contributed by atoms with Crippen LogP contribution in [0.1, 0.15) is 49.9 Å². The smallest absolute Gasteiger partial charge is 0.0618 e. The number of anilines is 3. The van der Waals surface area contributed by atoms with E-state index in [0.717, 1.165) is 11.4 Å². The largest absolute Gasteiger partial charge is 0.309 e. The maximum Gasteiger partial charge on any atom is 0.0618 e. The van der Waals surface area contributed by atoms with Crippen molar-refractivity contribution in [1.82, 2.24) is 0 Å². The monoisotopic (exact) mass is 705 g/mol. The number of nitrogens with zero attached hydrogens (tertiary/aromatic N) is 1. The van der Waals surface area contributed by atoms with Crippen molar-refractivity contribution in [1.29, 1.82) is 0 Å². The summed E-state index contributed by atoms with van der Waals surface area (Å²) in [5.41, 5.74) is 21.1. The molecule has 10 rings (SSSR count). The summed E-state index contributed by atoms with van der Waals surface area (Å²) in [6.07, 6.45) is 0. The topological polar surface area (TPSA) is 3.24 Å². The van der Waals surface area contributed by atoms with Crippen LogP contribution in [0.5, 0.6) is 0 Å². The van der Waals surface area contributed by atoms with Gasteiger partial charge < -0.3 is 4.90 Å². The molecule has 2 aliphatic carbocycles. The summed E-state index contributed by atoms with van der Waals surface area (Å²) < 4.78 is 0. The molecule has 2 aliphatic rings. The zero-order valence-corrected chi connectivity index (χ0v) is 31.8. The van der Waals surface area contributed by atoms with Gasteiger partial charge in [-0.2, -0.15) is 0 Å². The molecule has 0 radical (unpaired) electrons. The van der Waals surface area contributed by atoms with Crippen LogP contribution in [0.25, 0.3) is 55.6 Å². The van der Waals surface area contributed by atoms with Gasteiger partial charge in [-0.05, 0) is 103 Å². The van der Waals surface area contributed by atoms with Crippen LogP contribution in [0, 0.1) is 0 Å². The first kappa shape index (κ1) is 33.2. The lowest BCUT2D eigenvalue weighted by molar-refractivity contribution is 0.660. The van der Waals surface area contributed by atoms with E-state index in [9.17, 15) is 0 Å². The molecule has 8 aromatic carbocycles. The Labute approximate surface area is 325 Å². The highest BCUT2D eigenvalue weighted by Gasteiger charge is 2.38. The lowest BCUT2D eigenvalue weighted by Gasteiger charge is -2.33. The van der Waals surface area contributed by atoms with Gasteiger partial charge in [0.05, 0.1) is 5.69 Å². The van der Waals surface area contributed by atoms with E-state index in [1.165, 1.54) is 83.6 Å². The molecule has 0 saturated heterocycles. The Hall–Kier alpha value is -6.44. The Morgan fingerprint density at radius 3 is 1.09 bits per heavy atom. The first-order chi connectivity index (χ1) is 26.8. The molecular weight excluding hydrogens is 663 g/mol. The van der Waals surface area contributed by atoms with Crippen molar-refractivity contribution in [3.8, 4) is 55.6 Å². The Kier molecular flexibility index (Phi) is 7.58. The molecule has 0 unspecified atom stereocenters. The van der Waals surface area contributed by atoms with Gasteiger partial charge in [-0.3, -0.25) is 0 Å². The summed E-state index contributed by atoms with van der Waals surface area (Å²) >= 11 is 0. The van der Waals surface area contributed by atoms with E-state index in [4.69, 9.17) is 0 Å². The van der Waals surface area contributed by atoms with E-state index in [1.807, 2.05) is 0 Å². The lowest BCUT2D eigenvalue weighted by Crippen LogP contribution is -2.18. The summed E-state index contributed by atoms with van der Waals surface area (Å²) in [6.45, 7) is 9.50. The Morgan fingerprint density at radius 2 is 0.655 bits per heavy atom. The minimum Gasteiger partial charge on any atom is -0.309 e. The van der Waals surface area contributed by atoms with Crippen LogP contribution in [-0.2, 0) is 10.8 Å². The zero-order valence-electron chi connectivity index (χ0n) is 31.8. The van der Waals surface area contributed by atoms with Crippen molar-refractivity contribution in [3.05, 3.63) is 210 Å². The van der Waals surface area contributed by atoms with Gasteiger partial charge in [0.2, 0.25) is 0 Å². The van der Waals surface area contributed by atoms with Crippen LogP contribution in [0.2, 0.25) is 0 Å². The van der Waals surface area contributed by atoms with Gasteiger partial charge in [-0.25, -0.2) is 0 Å². The predicted octanol–water partition coefficient (Wildman–Crippen LogP) is 14.8. The quantitative estimate of drug-likeness (QED) is 0.166. The molecule has 0 fully saturated rings. The minimum atomic E-state index is -0.142. The predicted molar refractivity (Wildman–Crippen MR) is 233 cm³/mol. The third-order valence-corrected chi connectivity index (χ3v) is 12.3. The fourth-order valence-electron chi connectivity index (χ4n) is 9.42. The van der Waals surface area contributed by atoms with Gasteiger partial charge in [-0.1, -0.05) is 179 Å². The fourth-order valence-corrected chi connectivity index (χ4v) is 9.42. The molecule has 0 heterocycles. The highest BCUT2D eigenvalue weighted by Crippen LogP contribution is 2.55. The van der Waals surface area contributed by atoms with E-state index in [0.29, 0.717) is 0 Å². The summed E-state index contributed by atoms with van der Waals surface area (Å²) in [4.78, 5) is 2.55. The Bertz CT molecular complexity index is 2570. The molecule has 264 valence electrons. The van der Waals surface area contributed by atoms with Crippen molar-refractivity contribution in [3.63, 3.8) is 0 Å². The van der Waals surface area contributed by atoms with Gasteiger partial charge >= 0.3 is 0 Å². The fraction of sp³-hybridized carbons (Fsp3) is 0.111. The maximum atomic E-state index is 2.55. The molecule has 0 atom stereocenters. The van der Waals surface area contributed by atoms with E-state index in [-0.39, 0.29) is 10.8 Å². The molecule has 0 saturated carbocycles. The summed E-state index contributed by atoms with van der Waals surface area (Å²) in [5.74, 6) is 0. The van der Waals surface area contributed by atoms with E-state index >= 15 is 0 Å². The number of benzene rings is 8. The van der Waals surface area contributed by atoms with Crippen LogP contribution in [0.4, 0.5) is 17.1 Å². The van der Waals surface area contributed by atoms with Crippen molar-refractivity contribution >= 4 is 17.1 Å².